The summed E-state index contributed by atoms with van der Waals surface area (Å²) in [6.45, 7) is 1.58. The Morgan fingerprint density at radius 2 is 2.07 bits per heavy atom. The zero-order valence-electron chi connectivity index (χ0n) is 8.69. The van der Waals surface area contributed by atoms with Gasteiger partial charge >= 0.3 is 0 Å². The largest absolute Gasteiger partial charge is 0.396 e. The topological polar surface area (TPSA) is 96.3 Å². The Morgan fingerprint density at radius 1 is 1.33 bits per heavy atom. The molecule has 0 spiro atoms. The molecule has 1 aromatic heterocycles. The van der Waals surface area contributed by atoms with E-state index < -0.39 is 0 Å². The van der Waals surface area contributed by atoms with Crippen LogP contribution in [0.15, 0.2) is 6.20 Å². The summed E-state index contributed by atoms with van der Waals surface area (Å²) in [5, 5.41) is 24.6. The maximum Gasteiger partial charge on any atom is 0.147 e. The quantitative estimate of drug-likeness (QED) is 0.465. The van der Waals surface area contributed by atoms with Gasteiger partial charge in [0.2, 0.25) is 0 Å². The first-order valence-electron chi connectivity index (χ1n) is 5.06. The molecule has 0 aliphatic heterocycles. The van der Waals surface area contributed by atoms with E-state index in [1.807, 2.05) is 0 Å². The Balaban J connectivity index is 2.54. The van der Waals surface area contributed by atoms with E-state index in [4.69, 9.17) is 15.9 Å². The second-order valence-electron chi connectivity index (χ2n) is 3.25. The summed E-state index contributed by atoms with van der Waals surface area (Å²) in [5.41, 5.74) is 6.31. The van der Waals surface area contributed by atoms with Crippen LogP contribution in [0.4, 0.5) is 11.5 Å². The molecule has 6 nitrogen and oxygen atoms in total. The normalized spacial score (nSPS) is 10.5. The maximum absolute atomic E-state index is 8.71. The summed E-state index contributed by atoms with van der Waals surface area (Å²) in [5.74, 6) is 0.761. The average Bonchev–Trinajstić information content (AvgIpc) is 2.58. The Morgan fingerprint density at radius 3 is 2.73 bits per heavy atom. The van der Waals surface area contributed by atoms with E-state index in [2.05, 4.69) is 10.4 Å². The number of aliphatic hydroxyl groups excluding tert-OH is 2. The highest BCUT2D eigenvalue weighted by Gasteiger charge is 2.06. The molecule has 0 saturated heterocycles. The fraction of sp³-hybridized carbons (Fsp3) is 0.667. The van der Waals surface area contributed by atoms with Crippen molar-refractivity contribution >= 4 is 11.5 Å². The van der Waals surface area contributed by atoms with Crippen LogP contribution in [-0.4, -0.2) is 39.8 Å². The molecule has 5 N–H and O–H groups in total. The molecule has 1 aromatic rings. The van der Waals surface area contributed by atoms with Gasteiger partial charge in [0.1, 0.15) is 5.82 Å². The van der Waals surface area contributed by atoms with Crippen LogP contribution in [-0.2, 0) is 6.54 Å². The molecule has 15 heavy (non-hydrogen) atoms. The molecule has 1 rings (SSSR count). The van der Waals surface area contributed by atoms with Gasteiger partial charge in [-0.25, -0.2) is 4.68 Å². The van der Waals surface area contributed by atoms with Crippen LogP contribution in [0.3, 0.4) is 0 Å². The maximum atomic E-state index is 8.71. The number of aliphatic hydroxyl groups is 2. The van der Waals surface area contributed by atoms with Crippen molar-refractivity contribution in [1.82, 2.24) is 9.78 Å². The molecule has 0 bridgehead atoms. The van der Waals surface area contributed by atoms with E-state index in [9.17, 15) is 0 Å². The Labute approximate surface area is 88.7 Å². The summed E-state index contributed by atoms with van der Waals surface area (Å²) < 4.78 is 1.73. The van der Waals surface area contributed by atoms with Crippen LogP contribution in [0.5, 0.6) is 0 Å². The minimum atomic E-state index is 0.135. The standard InChI is InChI=1S/C9H18N4O2/c10-8-7-12-13(4-2-6-15)9(8)11-3-1-5-14/h7,11,14-15H,1-6,10H2. The van der Waals surface area contributed by atoms with E-state index in [0.29, 0.717) is 31.6 Å². The fourth-order valence-corrected chi connectivity index (χ4v) is 1.27. The number of nitrogen functional groups attached to an aromatic ring is 1. The summed E-state index contributed by atoms with van der Waals surface area (Å²) in [6.07, 6.45) is 2.90. The van der Waals surface area contributed by atoms with Crippen LogP contribution in [0.2, 0.25) is 0 Å². The lowest BCUT2D eigenvalue weighted by Gasteiger charge is -2.09. The third-order valence-electron chi connectivity index (χ3n) is 2.02. The van der Waals surface area contributed by atoms with Gasteiger partial charge in [-0.1, -0.05) is 0 Å². The Hall–Kier alpha value is -1.27. The molecule has 0 unspecified atom stereocenters. The number of nitrogens with two attached hydrogens (primary N) is 1. The highest BCUT2D eigenvalue weighted by Crippen LogP contribution is 2.17. The van der Waals surface area contributed by atoms with Crippen LogP contribution in [0.25, 0.3) is 0 Å². The second-order valence-corrected chi connectivity index (χ2v) is 3.25. The number of nitrogens with zero attached hydrogens (tertiary/aromatic N) is 2. The summed E-state index contributed by atoms with van der Waals surface area (Å²) in [6, 6.07) is 0. The van der Waals surface area contributed by atoms with Crippen LogP contribution < -0.4 is 11.1 Å². The van der Waals surface area contributed by atoms with E-state index in [0.717, 1.165) is 5.82 Å². The van der Waals surface area contributed by atoms with Crippen molar-refractivity contribution in [1.29, 1.82) is 0 Å². The summed E-state index contributed by atoms with van der Waals surface area (Å²) in [4.78, 5) is 0. The summed E-state index contributed by atoms with van der Waals surface area (Å²) in [7, 11) is 0. The van der Waals surface area contributed by atoms with Crippen molar-refractivity contribution in [3.05, 3.63) is 6.20 Å². The molecular weight excluding hydrogens is 196 g/mol. The molecule has 0 aliphatic rings. The molecule has 0 amide bonds. The van der Waals surface area contributed by atoms with Gasteiger partial charge in [0.25, 0.3) is 0 Å². The molecule has 6 heteroatoms. The molecule has 0 saturated carbocycles. The van der Waals surface area contributed by atoms with Gasteiger partial charge in [-0.05, 0) is 12.8 Å². The number of anilines is 2. The van der Waals surface area contributed by atoms with Crippen molar-refractivity contribution < 1.29 is 10.2 Å². The van der Waals surface area contributed by atoms with E-state index >= 15 is 0 Å². The Kier molecular flexibility index (Phi) is 4.92. The lowest BCUT2D eigenvalue weighted by atomic mass is 10.4. The van der Waals surface area contributed by atoms with Gasteiger partial charge in [-0.3, -0.25) is 0 Å². The van der Waals surface area contributed by atoms with Gasteiger partial charge in [-0.15, -0.1) is 0 Å². The first kappa shape index (κ1) is 11.8. The predicted molar refractivity (Wildman–Crippen MR) is 58.5 cm³/mol. The van der Waals surface area contributed by atoms with Crippen molar-refractivity contribution in [3.8, 4) is 0 Å². The average molecular weight is 214 g/mol. The van der Waals surface area contributed by atoms with Crippen molar-refractivity contribution in [2.45, 2.75) is 19.4 Å². The monoisotopic (exact) mass is 214 g/mol. The third kappa shape index (κ3) is 3.41. The molecular formula is C9H18N4O2. The van der Waals surface area contributed by atoms with Crippen LogP contribution in [0, 0.1) is 0 Å². The third-order valence-corrected chi connectivity index (χ3v) is 2.02. The molecule has 0 fully saturated rings. The molecule has 86 valence electrons. The number of hydrogen-bond donors (Lipinski definition) is 4. The zero-order chi connectivity index (χ0) is 11.1. The number of aryl methyl sites for hydroxylation is 1. The number of hydrogen-bond acceptors (Lipinski definition) is 5. The lowest BCUT2D eigenvalue weighted by Crippen LogP contribution is -2.12. The van der Waals surface area contributed by atoms with E-state index in [1.54, 1.807) is 10.9 Å². The molecule has 1 heterocycles. The second kappa shape index (κ2) is 6.26. The van der Waals surface area contributed by atoms with Gasteiger partial charge in [0.15, 0.2) is 0 Å². The predicted octanol–water partition coefficient (Wildman–Crippen LogP) is -0.358. The van der Waals surface area contributed by atoms with E-state index in [1.165, 1.54) is 0 Å². The minimum absolute atomic E-state index is 0.135. The van der Waals surface area contributed by atoms with Gasteiger partial charge < -0.3 is 21.3 Å². The van der Waals surface area contributed by atoms with Gasteiger partial charge in [-0.2, -0.15) is 5.10 Å². The van der Waals surface area contributed by atoms with Gasteiger partial charge in [0, 0.05) is 26.3 Å². The van der Waals surface area contributed by atoms with Crippen LogP contribution in [0.1, 0.15) is 12.8 Å². The molecule has 0 radical (unpaired) electrons. The first-order chi connectivity index (χ1) is 7.29. The summed E-state index contributed by atoms with van der Waals surface area (Å²) >= 11 is 0. The van der Waals surface area contributed by atoms with Crippen molar-refractivity contribution in [2.24, 2.45) is 0 Å². The minimum Gasteiger partial charge on any atom is -0.396 e. The smallest absolute Gasteiger partial charge is 0.147 e. The SMILES string of the molecule is Nc1cnn(CCCO)c1NCCCO. The first-order valence-corrected chi connectivity index (χ1v) is 5.06. The molecule has 0 aliphatic carbocycles. The number of nitrogens with one attached hydrogen (secondary N) is 1. The number of aromatic nitrogens is 2. The Bertz CT molecular complexity index is 288. The highest BCUT2D eigenvalue weighted by molar-refractivity contribution is 5.60. The van der Waals surface area contributed by atoms with Crippen molar-refractivity contribution in [2.75, 3.05) is 30.8 Å². The van der Waals surface area contributed by atoms with E-state index in [-0.39, 0.29) is 13.2 Å². The number of rotatable bonds is 7. The van der Waals surface area contributed by atoms with Crippen LogP contribution >= 0.6 is 0 Å². The fourth-order valence-electron chi connectivity index (χ4n) is 1.27. The molecule has 0 aromatic carbocycles. The lowest BCUT2D eigenvalue weighted by molar-refractivity contribution is 0.277. The van der Waals surface area contributed by atoms with Gasteiger partial charge in [0.05, 0.1) is 11.9 Å². The zero-order valence-corrected chi connectivity index (χ0v) is 8.69. The molecule has 0 atom stereocenters. The highest BCUT2D eigenvalue weighted by atomic mass is 16.3. The van der Waals surface area contributed by atoms with Crippen molar-refractivity contribution in [3.63, 3.8) is 0 Å².